The number of aromatic nitrogens is 2. The second-order valence-corrected chi connectivity index (χ2v) is 6.74. The number of halogens is 1. The van der Waals surface area contributed by atoms with Gasteiger partial charge in [-0.25, -0.2) is 0 Å². The molecule has 0 aliphatic carbocycles. The van der Waals surface area contributed by atoms with E-state index in [0.29, 0.717) is 16.7 Å². The number of rotatable bonds is 5. The number of anilines is 1. The zero-order valence-electron chi connectivity index (χ0n) is 15.5. The van der Waals surface area contributed by atoms with Crippen molar-refractivity contribution in [3.05, 3.63) is 58.1 Å². The fraction of sp³-hybridized carbons (Fsp3) is 0.250. The number of carbonyl (C=O) groups is 1. The lowest BCUT2D eigenvalue weighted by molar-refractivity contribution is -0.122. The van der Waals surface area contributed by atoms with E-state index in [1.165, 1.54) is 0 Å². The topological polar surface area (TPSA) is 77.2 Å². The van der Waals surface area contributed by atoms with Crippen molar-refractivity contribution in [1.29, 1.82) is 0 Å². The molecule has 0 fully saturated rings. The Morgan fingerprint density at radius 3 is 2.48 bits per heavy atom. The fourth-order valence-electron chi connectivity index (χ4n) is 2.64. The summed E-state index contributed by atoms with van der Waals surface area (Å²) in [5, 5.41) is 7.11. The highest BCUT2D eigenvalue weighted by molar-refractivity contribution is 6.32. The Morgan fingerprint density at radius 1 is 1.15 bits per heavy atom. The van der Waals surface area contributed by atoms with Crippen molar-refractivity contribution in [3.8, 4) is 17.2 Å². The maximum Gasteiger partial charge on any atom is 0.270 e. The van der Waals surface area contributed by atoms with Crippen LogP contribution < -0.4 is 10.1 Å². The predicted molar refractivity (Wildman–Crippen MR) is 104 cm³/mol. The van der Waals surface area contributed by atoms with E-state index >= 15 is 0 Å². The molecule has 27 heavy (non-hydrogen) atoms. The first kappa shape index (κ1) is 18.9. The molecule has 3 rings (SSSR count). The van der Waals surface area contributed by atoms with Crippen LogP contribution >= 0.6 is 11.6 Å². The van der Waals surface area contributed by atoms with Crippen molar-refractivity contribution in [2.75, 3.05) is 5.32 Å². The molecule has 1 atom stereocenters. The molecule has 0 spiro atoms. The molecule has 140 valence electrons. The molecular weight excluding hydrogens is 366 g/mol. The zero-order chi connectivity index (χ0) is 19.6. The first-order valence-electron chi connectivity index (χ1n) is 8.49. The molecule has 7 heteroatoms. The van der Waals surface area contributed by atoms with Gasteiger partial charge < -0.3 is 9.26 Å². The van der Waals surface area contributed by atoms with E-state index < -0.39 is 6.10 Å². The van der Waals surface area contributed by atoms with Gasteiger partial charge in [0.15, 0.2) is 6.10 Å². The second-order valence-electron chi connectivity index (χ2n) is 6.36. The van der Waals surface area contributed by atoms with Crippen LogP contribution in [0.1, 0.15) is 23.6 Å². The lowest BCUT2D eigenvalue weighted by atomic mass is 10.1. The number of aryl methyl sites for hydroxylation is 3. The molecule has 0 aliphatic heterocycles. The number of ether oxygens (including phenoxy) is 1. The van der Waals surface area contributed by atoms with Gasteiger partial charge in [-0.05, 0) is 67.7 Å². The van der Waals surface area contributed by atoms with E-state index in [9.17, 15) is 4.79 Å². The number of nitrogens with one attached hydrogen (secondary N) is 1. The molecular formula is C20H20ClN3O3. The minimum Gasteiger partial charge on any atom is -0.481 e. The first-order valence-corrected chi connectivity index (χ1v) is 8.87. The molecule has 1 aromatic heterocycles. The van der Waals surface area contributed by atoms with Crippen LogP contribution in [0.15, 0.2) is 40.9 Å². The van der Waals surface area contributed by atoms with Gasteiger partial charge in [0.25, 0.3) is 17.7 Å². The summed E-state index contributed by atoms with van der Waals surface area (Å²) in [7, 11) is 0. The van der Waals surface area contributed by atoms with Crippen LogP contribution in [0.4, 0.5) is 5.95 Å². The average Bonchev–Trinajstić information content (AvgIpc) is 3.08. The van der Waals surface area contributed by atoms with Crippen molar-refractivity contribution in [2.45, 2.75) is 33.8 Å². The largest absolute Gasteiger partial charge is 0.481 e. The quantitative estimate of drug-likeness (QED) is 0.687. The van der Waals surface area contributed by atoms with Crippen molar-refractivity contribution in [1.82, 2.24) is 10.1 Å². The van der Waals surface area contributed by atoms with Crippen LogP contribution in [0.3, 0.4) is 0 Å². The third kappa shape index (κ3) is 4.28. The summed E-state index contributed by atoms with van der Waals surface area (Å²) in [6.07, 6.45) is -0.745. The third-order valence-electron chi connectivity index (χ3n) is 4.13. The predicted octanol–water partition coefficient (Wildman–Crippen LogP) is 4.72. The Bertz CT molecular complexity index is 961. The van der Waals surface area contributed by atoms with Gasteiger partial charge >= 0.3 is 0 Å². The maximum absolute atomic E-state index is 12.4. The van der Waals surface area contributed by atoms with Crippen LogP contribution in [0.25, 0.3) is 11.5 Å². The molecule has 1 amide bonds. The SMILES string of the molecule is Cc1ccccc1-c1nc(NC(=O)C(C)Oc2cc(C)c(Cl)c(C)c2)no1. The monoisotopic (exact) mass is 385 g/mol. The van der Waals surface area contributed by atoms with Gasteiger partial charge in [-0.1, -0.05) is 29.8 Å². The number of amides is 1. The highest BCUT2D eigenvalue weighted by atomic mass is 35.5. The minimum atomic E-state index is -0.745. The number of hydrogen-bond donors (Lipinski definition) is 1. The molecule has 0 bridgehead atoms. The molecule has 1 N–H and O–H groups in total. The highest BCUT2D eigenvalue weighted by Gasteiger charge is 2.19. The number of benzene rings is 2. The Hall–Kier alpha value is -2.86. The van der Waals surface area contributed by atoms with E-state index in [1.54, 1.807) is 19.1 Å². The average molecular weight is 386 g/mol. The number of hydrogen-bond acceptors (Lipinski definition) is 5. The van der Waals surface area contributed by atoms with Crippen LogP contribution in [0, 0.1) is 20.8 Å². The van der Waals surface area contributed by atoms with E-state index in [-0.39, 0.29) is 11.9 Å². The van der Waals surface area contributed by atoms with Gasteiger partial charge in [-0.15, -0.1) is 0 Å². The Kier molecular flexibility index (Phi) is 5.46. The molecule has 3 aromatic rings. The number of nitrogens with zero attached hydrogens (tertiary/aromatic N) is 2. The lowest BCUT2D eigenvalue weighted by Gasteiger charge is -2.15. The van der Waals surface area contributed by atoms with Crippen molar-refractivity contribution in [2.24, 2.45) is 0 Å². The van der Waals surface area contributed by atoms with E-state index in [0.717, 1.165) is 22.3 Å². The molecule has 2 aromatic carbocycles. The molecule has 6 nitrogen and oxygen atoms in total. The van der Waals surface area contributed by atoms with Crippen molar-refractivity contribution in [3.63, 3.8) is 0 Å². The highest BCUT2D eigenvalue weighted by Crippen LogP contribution is 2.27. The van der Waals surface area contributed by atoms with Gasteiger partial charge in [-0.3, -0.25) is 10.1 Å². The van der Waals surface area contributed by atoms with E-state index in [1.807, 2.05) is 45.0 Å². The Labute approximate surface area is 162 Å². The summed E-state index contributed by atoms with van der Waals surface area (Å²) in [5.74, 6) is 0.640. The Morgan fingerprint density at radius 2 is 1.81 bits per heavy atom. The van der Waals surface area contributed by atoms with Crippen LogP contribution in [-0.4, -0.2) is 22.2 Å². The molecule has 0 saturated heterocycles. The van der Waals surface area contributed by atoms with Gasteiger partial charge in [0.2, 0.25) is 0 Å². The normalized spacial score (nSPS) is 11.9. The van der Waals surface area contributed by atoms with Gasteiger partial charge in [0, 0.05) is 10.6 Å². The summed E-state index contributed by atoms with van der Waals surface area (Å²) >= 11 is 6.16. The van der Waals surface area contributed by atoms with E-state index in [4.69, 9.17) is 20.9 Å². The van der Waals surface area contributed by atoms with Crippen LogP contribution in [0.5, 0.6) is 5.75 Å². The van der Waals surface area contributed by atoms with Crippen molar-refractivity contribution < 1.29 is 14.1 Å². The van der Waals surface area contributed by atoms with Gasteiger partial charge in [-0.2, -0.15) is 4.98 Å². The van der Waals surface area contributed by atoms with Crippen LogP contribution in [0.2, 0.25) is 5.02 Å². The summed E-state index contributed by atoms with van der Waals surface area (Å²) in [5.41, 5.74) is 3.60. The minimum absolute atomic E-state index is 0.0946. The summed E-state index contributed by atoms with van der Waals surface area (Å²) in [6.45, 7) is 7.37. The summed E-state index contributed by atoms with van der Waals surface area (Å²) < 4.78 is 11.0. The Balaban J connectivity index is 1.68. The molecule has 0 saturated carbocycles. The number of carbonyl (C=O) groups excluding carboxylic acids is 1. The van der Waals surface area contributed by atoms with Gasteiger partial charge in [0.05, 0.1) is 0 Å². The van der Waals surface area contributed by atoms with E-state index in [2.05, 4.69) is 15.5 Å². The summed E-state index contributed by atoms with van der Waals surface area (Å²) in [4.78, 5) is 16.6. The van der Waals surface area contributed by atoms with Gasteiger partial charge in [0.1, 0.15) is 5.75 Å². The van der Waals surface area contributed by atoms with Crippen molar-refractivity contribution >= 4 is 23.5 Å². The zero-order valence-corrected chi connectivity index (χ0v) is 16.3. The fourth-order valence-corrected chi connectivity index (χ4v) is 2.75. The third-order valence-corrected chi connectivity index (χ3v) is 4.72. The summed E-state index contributed by atoms with van der Waals surface area (Å²) in [6, 6.07) is 11.2. The maximum atomic E-state index is 12.4. The smallest absolute Gasteiger partial charge is 0.270 e. The lowest BCUT2D eigenvalue weighted by Crippen LogP contribution is -2.30. The molecule has 0 aliphatic rings. The second kappa shape index (κ2) is 7.80. The first-order chi connectivity index (χ1) is 12.8. The molecule has 0 radical (unpaired) electrons. The van der Waals surface area contributed by atoms with Crippen LogP contribution in [-0.2, 0) is 4.79 Å². The standard InChI is InChI=1S/C20H20ClN3O3/c1-11-7-5-6-8-16(11)19-23-20(24-27-19)22-18(25)14(4)26-15-9-12(2)17(21)13(3)10-15/h5-10,14H,1-4H3,(H,22,24,25). The molecule has 1 heterocycles. The molecule has 1 unspecified atom stereocenters.